The van der Waals surface area contributed by atoms with Crippen LogP contribution in [0.25, 0.3) is 0 Å². The molecule has 1 rings (SSSR count). The van der Waals surface area contributed by atoms with Gasteiger partial charge in [-0.05, 0) is 66.5 Å². The first-order valence-corrected chi connectivity index (χ1v) is 13.1. The maximum Gasteiger partial charge on any atom is 0.259 e. The second kappa shape index (κ2) is 17.3. The van der Waals surface area contributed by atoms with Gasteiger partial charge in [0.25, 0.3) is 14.4 Å². The molecule has 34 heavy (non-hydrogen) atoms. The molecule has 0 radical (unpaired) electrons. The normalized spacial score (nSPS) is 12.0. The van der Waals surface area contributed by atoms with E-state index in [4.69, 9.17) is 14.3 Å². The van der Waals surface area contributed by atoms with E-state index in [-0.39, 0.29) is 5.91 Å². The van der Waals surface area contributed by atoms with Crippen molar-refractivity contribution in [3.05, 3.63) is 23.9 Å². The first-order valence-electron chi connectivity index (χ1n) is 12.0. The Morgan fingerprint density at radius 3 is 2.38 bits per heavy atom. The molecule has 0 aromatic carbocycles. The number of pyridine rings is 1. The quantitative estimate of drug-likeness (QED) is 0.128. The van der Waals surface area contributed by atoms with Gasteiger partial charge in [0.2, 0.25) is 0 Å². The lowest BCUT2D eigenvalue weighted by atomic mass is 10.2. The lowest BCUT2D eigenvalue weighted by molar-refractivity contribution is 0.0952. The number of hydrogen-bond acceptors (Lipinski definition) is 8. The third-order valence-electron chi connectivity index (χ3n) is 4.64. The smallest absolute Gasteiger partial charge is 0.259 e. The second-order valence-electron chi connectivity index (χ2n) is 8.65. The number of carbonyl (C=O) groups is 1. The van der Waals surface area contributed by atoms with E-state index in [1.165, 1.54) is 0 Å². The fourth-order valence-electron chi connectivity index (χ4n) is 3.10. The molecule has 0 aliphatic heterocycles. The molecule has 1 unspecified atom stereocenters. The summed E-state index contributed by atoms with van der Waals surface area (Å²) in [5.74, 6) is 0.476. The highest BCUT2D eigenvalue weighted by Crippen LogP contribution is 2.46. The van der Waals surface area contributed by atoms with Crippen molar-refractivity contribution in [2.24, 2.45) is 5.10 Å². The molecule has 1 amide bonds. The van der Waals surface area contributed by atoms with Gasteiger partial charge in [-0.3, -0.25) is 10.2 Å². The van der Waals surface area contributed by atoms with Crippen molar-refractivity contribution in [3.63, 3.8) is 0 Å². The van der Waals surface area contributed by atoms with Crippen molar-refractivity contribution in [2.45, 2.75) is 85.7 Å². The summed E-state index contributed by atoms with van der Waals surface area (Å²) in [6, 6.07) is 6.18. The molecule has 1 heterocycles. The molecule has 1 aromatic rings. The van der Waals surface area contributed by atoms with E-state index in [9.17, 15) is 4.79 Å². The Hall–Kier alpha value is -2.11. The number of rotatable bonds is 17. The van der Waals surface area contributed by atoms with Gasteiger partial charge in [0.15, 0.2) is 0 Å². The van der Waals surface area contributed by atoms with Crippen molar-refractivity contribution in [1.82, 2.24) is 15.0 Å². The third-order valence-corrected chi connectivity index (χ3v) is 6.75. The van der Waals surface area contributed by atoms with Crippen LogP contribution in [0.5, 0.6) is 0 Å². The Morgan fingerprint density at radius 2 is 1.79 bits per heavy atom. The zero-order valence-corrected chi connectivity index (χ0v) is 22.4. The summed E-state index contributed by atoms with van der Waals surface area (Å²) in [6.07, 6.45) is 5.76. The molecule has 0 saturated carbocycles. The minimum absolute atomic E-state index is 0.125. The number of nitrogens with one attached hydrogen (secondary N) is 2. The summed E-state index contributed by atoms with van der Waals surface area (Å²) < 4.78 is 14.2. The van der Waals surface area contributed by atoms with Crippen LogP contribution in [0.1, 0.15) is 84.0 Å². The second-order valence-corrected chi connectivity index (χ2v) is 10.1. The van der Waals surface area contributed by atoms with E-state index < -0.39 is 8.53 Å². The summed E-state index contributed by atoms with van der Waals surface area (Å²) in [5.41, 5.74) is 4.26. The highest BCUT2D eigenvalue weighted by Gasteiger charge is 2.26. The van der Waals surface area contributed by atoms with Gasteiger partial charge in [-0.15, -0.1) is 0 Å². The van der Waals surface area contributed by atoms with Crippen LogP contribution in [0.3, 0.4) is 0 Å². The monoisotopic (exact) mass is 492 g/mol. The molecule has 0 bridgehead atoms. The first kappa shape index (κ1) is 29.9. The number of nitrogens with zero attached hydrogens (tertiary/aromatic N) is 4. The van der Waals surface area contributed by atoms with Crippen LogP contribution < -0.4 is 10.7 Å². The van der Waals surface area contributed by atoms with Gasteiger partial charge in [-0.2, -0.15) is 10.4 Å². The number of amides is 1. The molecule has 0 fully saturated rings. The minimum atomic E-state index is -1.18. The molecular formula is C24H41N6O3P. The van der Waals surface area contributed by atoms with Gasteiger partial charge in [0.1, 0.15) is 5.82 Å². The van der Waals surface area contributed by atoms with Crippen molar-refractivity contribution >= 4 is 26.0 Å². The number of anilines is 1. The summed E-state index contributed by atoms with van der Waals surface area (Å²) in [4.78, 5) is 16.5. The van der Waals surface area contributed by atoms with Crippen LogP contribution in [0.15, 0.2) is 23.4 Å². The van der Waals surface area contributed by atoms with E-state index in [1.54, 1.807) is 18.3 Å². The van der Waals surface area contributed by atoms with Crippen molar-refractivity contribution in [3.8, 4) is 6.07 Å². The SMILES string of the molecule is CC(C)=NNc1ccc(C(=O)NCCCCCCOP(OCCC#N)N(C(C)C)C(C)C)cn1. The van der Waals surface area contributed by atoms with Crippen LogP contribution in [-0.4, -0.2) is 53.1 Å². The van der Waals surface area contributed by atoms with Gasteiger partial charge in [-0.1, -0.05) is 12.8 Å². The minimum Gasteiger partial charge on any atom is -0.352 e. The van der Waals surface area contributed by atoms with E-state index in [0.717, 1.165) is 31.4 Å². The van der Waals surface area contributed by atoms with Crippen LogP contribution in [-0.2, 0) is 9.05 Å². The molecule has 190 valence electrons. The fraction of sp³-hybridized carbons (Fsp3) is 0.667. The molecular weight excluding hydrogens is 451 g/mol. The molecule has 0 spiro atoms. The molecule has 2 N–H and O–H groups in total. The number of carbonyl (C=O) groups excluding carboxylic acids is 1. The molecule has 0 aliphatic carbocycles. The average molecular weight is 493 g/mol. The van der Waals surface area contributed by atoms with Gasteiger partial charge in [0.05, 0.1) is 31.3 Å². The molecule has 0 aliphatic rings. The molecule has 10 heteroatoms. The van der Waals surface area contributed by atoms with Crippen molar-refractivity contribution in [2.75, 3.05) is 25.2 Å². The largest absolute Gasteiger partial charge is 0.352 e. The number of hydrogen-bond donors (Lipinski definition) is 2. The number of aromatic nitrogens is 1. The first-order chi connectivity index (χ1) is 16.3. The number of nitriles is 1. The summed E-state index contributed by atoms with van der Waals surface area (Å²) in [5, 5.41) is 15.8. The summed E-state index contributed by atoms with van der Waals surface area (Å²) >= 11 is 0. The Kier molecular flexibility index (Phi) is 15.3. The number of hydrazone groups is 1. The summed E-state index contributed by atoms with van der Waals surface area (Å²) in [6.45, 7) is 13.9. The van der Waals surface area contributed by atoms with Gasteiger partial charge in [-0.25, -0.2) is 9.65 Å². The van der Waals surface area contributed by atoms with E-state index in [1.807, 2.05) is 13.8 Å². The zero-order valence-electron chi connectivity index (χ0n) is 21.5. The van der Waals surface area contributed by atoms with Gasteiger partial charge in [0, 0.05) is 30.5 Å². The molecule has 1 atom stereocenters. The van der Waals surface area contributed by atoms with Crippen LogP contribution in [0, 0.1) is 11.3 Å². The third kappa shape index (κ3) is 12.4. The predicted molar refractivity (Wildman–Crippen MR) is 139 cm³/mol. The maximum atomic E-state index is 12.3. The van der Waals surface area contributed by atoms with Gasteiger partial charge < -0.3 is 14.4 Å². The van der Waals surface area contributed by atoms with E-state index in [2.05, 4.69) is 59.3 Å². The predicted octanol–water partition coefficient (Wildman–Crippen LogP) is 5.47. The van der Waals surface area contributed by atoms with E-state index >= 15 is 0 Å². The van der Waals surface area contributed by atoms with Gasteiger partial charge >= 0.3 is 0 Å². The Balaban J connectivity index is 2.28. The topological polar surface area (TPSA) is 112 Å². The average Bonchev–Trinajstić information content (AvgIpc) is 2.79. The Morgan fingerprint density at radius 1 is 1.12 bits per heavy atom. The highest BCUT2D eigenvalue weighted by molar-refractivity contribution is 7.44. The zero-order chi connectivity index (χ0) is 25.3. The molecule has 1 aromatic heterocycles. The highest BCUT2D eigenvalue weighted by atomic mass is 31.2. The molecule has 0 saturated heterocycles. The van der Waals surface area contributed by atoms with Crippen molar-refractivity contribution in [1.29, 1.82) is 5.26 Å². The van der Waals surface area contributed by atoms with Crippen molar-refractivity contribution < 1.29 is 13.8 Å². The van der Waals surface area contributed by atoms with Crippen LogP contribution in [0.4, 0.5) is 5.82 Å². The maximum absolute atomic E-state index is 12.3. The van der Waals surface area contributed by atoms with Crippen LogP contribution in [0.2, 0.25) is 0 Å². The Labute approximate surface area is 206 Å². The molecule has 9 nitrogen and oxygen atoms in total. The van der Waals surface area contributed by atoms with E-state index in [0.29, 0.717) is 49.6 Å². The fourth-order valence-corrected chi connectivity index (χ4v) is 4.73. The number of unbranched alkanes of at least 4 members (excludes halogenated alkanes) is 3. The standard InChI is InChI=1S/C24H41N6O3P/c1-19(2)28-29-23-13-12-22(18-27-23)24(31)26-15-9-7-8-10-16-32-34(33-17-11-14-25)30(20(3)4)21(5)6/h12-13,18,20-21H,7-11,15-17H2,1-6H3,(H,26,31)(H,27,29). The lowest BCUT2D eigenvalue weighted by Gasteiger charge is -2.35. The summed E-state index contributed by atoms with van der Waals surface area (Å²) in [7, 11) is -1.18. The lowest BCUT2D eigenvalue weighted by Crippen LogP contribution is -2.33. The Bertz CT molecular complexity index is 768. The van der Waals surface area contributed by atoms with Crippen LogP contribution >= 0.6 is 8.53 Å².